The fraction of sp³-hybridized carbons (Fsp3) is 0.444. The highest BCUT2D eigenvalue weighted by Crippen LogP contribution is 2.52. The van der Waals surface area contributed by atoms with Crippen molar-refractivity contribution in [1.29, 1.82) is 5.26 Å². The maximum Gasteiger partial charge on any atom is 0.411 e. The van der Waals surface area contributed by atoms with Gasteiger partial charge in [-0.25, -0.2) is 18.2 Å². The molecule has 2 saturated heterocycles. The number of carbonyl (C=O) groups excluding carboxylic acids is 2. The van der Waals surface area contributed by atoms with Gasteiger partial charge in [0.05, 0.1) is 36.6 Å². The monoisotopic (exact) mass is 702 g/mol. The highest BCUT2D eigenvalue weighted by molar-refractivity contribution is 7.93. The maximum absolute atomic E-state index is 15.0. The average Bonchev–Trinajstić information content (AvgIpc) is 3.39. The summed E-state index contributed by atoms with van der Waals surface area (Å²) in [6.07, 6.45) is 3.93. The number of piperidine rings is 1. The number of nitrogens with zero attached hydrogens (tertiary/aromatic N) is 6. The molecule has 50 heavy (non-hydrogen) atoms. The van der Waals surface area contributed by atoms with Gasteiger partial charge in [0, 0.05) is 44.0 Å². The number of nitriles is 1. The summed E-state index contributed by atoms with van der Waals surface area (Å²) in [5.74, 6) is -1.07. The van der Waals surface area contributed by atoms with Gasteiger partial charge in [0.15, 0.2) is 0 Å². The number of anilines is 1. The molecule has 1 unspecified atom stereocenters. The third-order valence-electron chi connectivity index (χ3n) is 9.65. The SMILES string of the molecule is CCCN1CCC(N2CCN(C(=O)OC3(c4cccnc4OCC)C(=O)N(S(=O)(=O)c4ccccc4OC)c4ccc(C#N)cc43)CC2)CC1. The molecule has 2 fully saturated rings. The molecule has 14 heteroatoms. The molecule has 0 saturated carbocycles. The molecule has 1 atom stereocenters. The van der Waals surface area contributed by atoms with Gasteiger partial charge in [0.2, 0.25) is 5.88 Å². The number of carbonyl (C=O) groups is 2. The first-order valence-corrected chi connectivity index (χ1v) is 18.4. The van der Waals surface area contributed by atoms with Gasteiger partial charge in [-0.3, -0.25) is 9.69 Å². The molecular weight excluding hydrogens is 660 g/mol. The molecule has 3 aliphatic rings. The number of piperazine rings is 1. The van der Waals surface area contributed by atoms with Crippen LogP contribution in [0.4, 0.5) is 10.5 Å². The van der Waals surface area contributed by atoms with Crippen LogP contribution in [0.5, 0.6) is 11.6 Å². The summed E-state index contributed by atoms with van der Waals surface area (Å²) in [5.41, 5.74) is -2.27. The number of fused-ring (bicyclic) bond motifs is 1. The number of aromatic nitrogens is 1. The van der Waals surface area contributed by atoms with Crippen LogP contribution in [0.2, 0.25) is 0 Å². The Morgan fingerprint density at radius 1 is 1.00 bits per heavy atom. The van der Waals surface area contributed by atoms with Gasteiger partial charge >= 0.3 is 6.09 Å². The van der Waals surface area contributed by atoms with E-state index in [9.17, 15) is 18.5 Å². The van der Waals surface area contributed by atoms with Crippen molar-refractivity contribution in [2.24, 2.45) is 0 Å². The van der Waals surface area contributed by atoms with Crippen molar-refractivity contribution in [3.63, 3.8) is 0 Å². The summed E-state index contributed by atoms with van der Waals surface area (Å²) >= 11 is 0. The number of benzene rings is 2. The zero-order valence-electron chi connectivity index (χ0n) is 28.6. The van der Waals surface area contributed by atoms with Crippen LogP contribution < -0.4 is 13.8 Å². The van der Waals surface area contributed by atoms with Crippen LogP contribution >= 0.6 is 0 Å². The second kappa shape index (κ2) is 14.6. The van der Waals surface area contributed by atoms with E-state index in [-0.39, 0.29) is 45.5 Å². The quantitative estimate of drug-likeness (QED) is 0.303. The Labute approximate surface area is 293 Å². The second-order valence-corrected chi connectivity index (χ2v) is 14.3. The standard InChI is InChI=1S/C36H42N6O7S/c1-4-17-39-18-14-27(15-19-39)40-20-22-41(23-21-40)35(44)49-36(28-9-8-16-38-33(28)48-5-2)29-24-26(25-37)12-13-30(29)42(34(36)43)50(45,46)32-11-7-6-10-31(32)47-3/h6-13,16,24,27H,4-5,14-15,17-23H2,1-3H3. The first-order chi connectivity index (χ1) is 24.2. The highest BCUT2D eigenvalue weighted by atomic mass is 32.2. The normalized spacial score (nSPS) is 20.3. The minimum Gasteiger partial charge on any atom is -0.495 e. The molecule has 0 radical (unpaired) electrons. The maximum atomic E-state index is 15.0. The first kappa shape index (κ1) is 35.1. The van der Waals surface area contributed by atoms with Crippen LogP contribution in [-0.2, 0) is 25.2 Å². The number of para-hydroxylation sites is 1. The second-order valence-electron chi connectivity index (χ2n) is 12.5. The molecule has 4 heterocycles. The third-order valence-corrected chi connectivity index (χ3v) is 11.4. The topological polar surface area (TPSA) is 146 Å². The van der Waals surface area contributed by atoms with E-state index >= 15 is 4.79 Å². The molecule has 13 nitrogen and oxygen atoms in total. The summed E-state index contributed by atoms with van der Waals surface area (Å²) in [4.78, 5) is 39.8. The van der Waals surface area contributed by atoms with Gasteiger partial charge in [-0.2, -0.15) is 9.57 Å². The van der Waals surface area contributed by atoms with Crippen LogP contribution in [0.15, 0.2) is 65.7 Å². The first-order valence-electron chi connectivity index (χ1n) is 17.0. The number of hydrogen-bond donors (Lipinski definition) is 0. The van der Waals surface area contributed by atoms with Crippen molar-refractivity contribution in [1.82, 2.24) is 19.7 Å². The van der Waals surface area contributed by atoms with E-state index in [1.54, 1.807) is 24.0 Å². The van der Waals surface area contributed by atoms with E-state index in [0.29, 0.717) is 36.5 Å². The molecule has 2 amide bonds. The number of rotatable bonds is 10. The van der Waals surface area contributed by atoms with Crippen LogP contribution in [0.25, 0.3) is 0 Å². The predicted octanol–water partition coefficient (Wildman–Crippen LogP) is 3.97. The van der Waals surface area contributed by atoms with E-state index in [2.05, 4.69) is 27.8 Å². The number of likely N-dealkylation sites (tertiary alicyclic amines) is 1. The molecule has 6 rings (SSSR count). The molecule has 2 aromatic carbocycles. The number of hydrogen-bond acceptors (Lipinski definition) is 11. The van der Waals surface area contributed by atoms with Crippen molar-refractivity contribution in [2.45, 2.75) is 49.6 Å². The van der Waals surface area contributed by atoms with Crippen LogP contribution in [-0.4, -0.2) is 106 Å². The number of pyridine rings is 1. The van der Waals surface area contributed by atoms with Gasteiger partial charge in [-0.05, 0) is 88.3 Å². The fourth-order valence-corrected chi connectivity index (χ4v) is 8.83. The predicted molar refractivity (Wildman–Crippen MR) is 184 cm³/mol. The van der Waals surface area contributed by atoms with Gasteiger partial charge in [-0.15, -0.1) is 0 Å². The molecule has 0 spiro atoms. The molecule has 0 bridgehead atoms. The highest BCUT2D eigenvalue weighted by Gasteiger charge is 2.61. The number of amides is 2. The lowest BCUT2D eigenvalue weighted by molar-refractivity contribution is -0.132. The lowest BCUT2D eigenvalue weighted by Crippen LogP contribution is -2.56. The van der Waals surface area contributed by atoms with Gasteiger partial charge in [0.25, 0.3) is 21.5 Å². The lowest BCUT2D eigenvalue weighted by Gasteiger charge is -2.43. The lowest BCUT2D eigenvalue weighted by atomic mass is 9.87. The Kier molecular flexibility index (Phi) is 10.3. The van der Waals surface area contributed by atoms with E-state index in [1.165, 1.54) is 55.8 Å². The van der Waals surface area contributed by atoms with Crippen LogP contribution in [0.3, 0.4) is 0 Å². The summed E-state index contributed by atoms with van der Waals surface area (Å²) in [6, 6.07) is 15.7. The summed E-state index contributed by atoms with van der Waals surface area (Å²) in [7, 11) is -3.32. The summed E-state index contributed by atoms with van der Waals surface area (Å²) < 4.78 is 47.1. The van der Waals surface area contributed by atoms with Crippen molar-refractivity contribution >= 4 is 27.7 Å². The Balaban J connectivity index is 1.39. The largest absolute Gasteiger partial charge is 0.495 e. The van der Waals surface area contributed by atoms with E-state index in [0.717, 1.165) is 38.9 Å². The average molecular weight is 703 g/mol. The smallest absolute Gasteiger partial charge is 0.411 e. The number of sulfonamides is 1. The molecule has 264 valence electrons. The van der Waals surface area contributed by atoms with Gasteiger partial charge < -0.3 is 24.0 Å². The van der Waals surface area contributed by atoms with Crippen molar-refractivity contribution in [2.75, 3.05) is 63.8 Å². The summed E-state index contributed by atoms with van der Waals surface area (Å²) in [6.45, 7) is 9.29. The van der Waals surface area contributed by atoms with Gasteiger partial charge in [0.1, 0.15) is 10.6 Å². The van der Waals surface area contributed by atoms with E-state index in [1.807, 2.05) is 0 Å². The Hall–Kier alpha value is -4.71. The summed E-state index contributed by atoms with van der Waals surface area (Å²) in [5, 5.41) is 9.90. The molecule has 3 aromatic rings. The van der Waals surface area contributed by atoms with E-state index < -0.39 is 27.6 Å². The van der Waals surface area contributed by atoms with Crippen molar-refractivity contribution in [3.05, 3.63) is 77.5 Å². The van der Waals surface area contributed by atoms with Gasteiger partial charge in [-0.1, -0.05) is 19.1 Å². The Bertz CT molecular complexity index is 1880. The van der Waals surface area contributed by atoms with Crippen molar-refractivity contribution < 1.29 is 32.2 Å². The van der Waals surface area contributed by atoms with E-state index in [4.69, 9.17) is 14.2 Å². The van der Waals surface area contributed by atoms with Crippen LogP contribution in [0, 0.1) is 11.3 Å². The molecule has 3 aliphatic heterocycles. The zero-order chi connectivity index (χ0) is 35.5. The molecule has 0 N–H and O–H groups in total. The number of ether oxygens (including phenoxy) is 3. The van der Waals surface area contributed by atoms with Crippen molar-refractivity contribution in [3.8, 4) is 17.7 Å². The third kappa shape index (κ3) is 6.25. The number of methoxy groups -OCH3 is 1. The Morgan fingerprint density at radius 2 is 1.74 bits per heavy atom. The molecule has 0 aliphatic carbocycles. The minimum absolute atomic E-state index is 0.000184. The minimum atomic E-state index is -4.66. The Morgan fingerprint density at radius 3 is 2.42 bits per heavy atom. The fourth-order valence-electron chi connectivity index (χ4n) is 7.22. The molecule has 1 aromatic heterocycles. The molecular formula is C36H42N6O7S. The van der Waals surface area contributed by atoms with Crippen LogP contribution in [0.1, 0.15) is 49.8 Å². The zero-order valence-corrected chi connectivity index (χ0v) is 29.4.